The van der Waals surface area contributed by atoms with Gasteiger partial charge in [0.15, 0.2) is 11.6 Å². The van der Waals surface area contributed by atoms with Crippen LogP contribution in [0.2, 0.25) is 0 Å². The second kappa shape index (κ2) is 4.65. The van der Waals surface area contributed by atoms with Gasteiger partial charge in [-0.2, -0.15) is 0 Å². The normalized spacial score (nSPS) is 15.4. The molecule has 0 N–H and O–H groups in total. The van der Waals surface area contributed by atoms with Crippen LogP contribution >= 0.6 is 0 Å². The van der Waals surface area contributed by atoms with E-state index >= 15 is 0 Å². The minimum absolute atomic E-state index is 0. The maximum Gasteiger partial charge on any atom is 0.170 e. The number of carbonyl (C=O) groups excluding carboxylic acids is 2. The lowest BCUT2D eigenvalue weighted by Crippen LogP contribution is -1.95. The lowest BCUT2D eigenvalue weighted by molar-refractivity contribution is -0.120. The van der Waals surface area contributed by atoms with E-state index in [9.17, 15) is 9.59 Å². The van der Waals surface area contributed by atoms with E-state index in [1.165, 1.54) is 6.08 Å². The highest BCUT2D eigenvalue weighted by Gasteiger charge is 2.24. The average molecular weight is 168 g/mol. The topological polar surface area (TPSA) is 34.1 Å². The first-order valence-electron chi connectivity index (χ1n) is 3.06. The van der Waals surface area contributed by atoms with E-state index in [4.69, 9.17) is 0 Å². The van der Waals surface area contributed by atoms with Crippen molar-refractivity contribution in [2.75, 3.05) is 0 Å². The molecule has 0 atom stereocenters. The molecule has 2 nitrogen and oxygen atoms in total. The van der Waals surface area contributed by atoms with Crippen molar-refractivity contribution >= 4 is 11.6 Å². The Kier molecular flexibility index (Phi) is 5.20. The van der Waals surface area contributed by atoms with Crippen LogP contribution in [0.25, 0.3) is 0 Å². The monoisotopic (exact) mass is 168 g/mol. The zero-order valence-corrected chi connectivity index (χ0v) is 5.81. The van der Waals surface area contributed by atoms with Crippen molar-refractivity contribution in [3.63, 3.8) is 0 Å². The molecule has 0 spiro atoms. The summed E-state index contributed by atoms with van der Waals surface area (Å²) in [6.07, 6.45) is 1.48. The second-order valence-corrected chi connectivity index (χ2v) is 2.27. The Hall–Kier alpha value is -1.18. The molecule has 0 aromatic heterocycles. The van der Waals surface area contributed by atoms with E-state index in [-0.39, 0.29) is 32.8 Å². The van der Waals surface area contributed by atoms with Gasteiger partial charge in [-0.05, 0) is 6.92 Å². The van der Waals surface area contributed by atoms with Gasteiger partial charge in [0, 0.05) is 11.1 Å². The molecule has 0 heterocycles. The van der Waals surface area contributed by atoms with E-state index < -0.39 is 0 Å². The molecule has 1 rings (SSSR count). The van der Waals surface area contributed by atoms with Gasteiger partial charge < -0.3 is 0 Å². The van der Waals surface area contributed by atoms with E-state index in [2.05, 4.69) is 6.58 Å². The zero-order valence-electron chi connectivity index (χ0n) is 5.81. The molecule has 0 fully saturated rings. The highest BCUT2D eigenvalue weighted by molar-refractivity contribution is 6.23. The third-order valence-corrected chi connectivity index (χ3v) is 1.65. The van der Waals surface area contributed by atoms with E-state index in [1.807, 2.05) is 0 Å². The zero-order chi connectivity index (χ0) is 7.72. The molecule has 1 aliphatic carbocycles. The average Bonchev–Trinajstić information content (AvgIpc) is 2.09. The summed E-state index contributed by atoms with van der Waals surface area (Å²) in [7, 11) is 0. The molecule has 1 aliphatic rings. The molecule has 12 heavy (non-hydrogen) atoms. The summed E-state index contributed by atoms with van der Waals surface area (Å²) in [6, 6.07) is 0. The molecule has 0 bridgehead atoms. The van der Waals surface area contributed by atoms with Crippen LogP contribution in [0.3, 0.4) is 0 Å². The standard InChI is InChI=1S/C8H8O2.2CH4/c1-3-6-5(2)7(9)4-8(6)10;;/h3H,1,4H2,2H3;2*1H4. The largest absolute Gasteiger partial charge is 0.294 e. The van der Waals surface area contributed by atoms with Crippen LogP contribution in [0.5, 0.6) is 0 Å². The highest BCUT2D eigenvalue weighted by atomic mass is 16.2. The van der Waals surface area contributed by atoms with Crippen LogP contribution in [0.4, 0.5) is 0 Å². The van der Waals surface area contributed by atoms with Gasteiger partial charge in [0.1, 0.15) is 0 Å². The fourth-order valence-electron chi connectivity index (χ4n) is 1.000. The van der Waals surface area contributed by atoms with Crippen LogP contribution in [0.15, 0.2) is 23.8 Å². The van der Waals surface area contributed by atoms with Crippen molar-refractivity contribution in [2.24, 2.45) is 0 Å². The molecule has 0 saturated carbocycles. The van der Waals surface area contributed by atoms with Crippen LogP contribution in [0, 0.1) is 0 Å². The summed E-state index contributed by atoms with van der Waals surface area (Å²) in [4.78, 5) is 21.7. The Balaban J connectivity index is 0. The lowest BCUT2D eigenvalue weighted by Gasteiger charge is -1.87. The maximum absolute atomic E-state index is 10.9. The van der Waals surface area contributed by atoms with Crippen molar-refractivity contribution in [2.45, 2.75) is 28.2 Å². The number of hydrogen-bond acceptors (Lipinski definition) is 2. The number of allylic oxidation sites excluding steroid dienone is 3. The SMILES string of the molecule is C.C.C=CC1=C(C)C(=O)CC1=O. The maximum atomic E-state index is 10.9. The predicted octanol–water partition coefficient (Wildman–Crippen LogP) is 2.30. The Labute approximate surface area is 74.0 Å². The molecule has 68 valence electrons. The summed E-state index contributed by atoms with van der Waals surface area (Å²) >= 11 is 0. The van der Waals surface area contributed by atoms with Gasteiger partial charge in [0.25, 0.3) is 0 Å². The lowest BCUT2D eigenvalue weighted by atomic mass is 10.2. The van der Waals surface area contributed by atoms with E-state index in [0.717, 1.165) is 0 Å². The summed E-state index contributed by atoms with van der Waals surface area (Å²) in [5.74, 6) is -0.169. The molecular weight excluding hydrogens is 152 g/mol. The Morgan fingerprint density at radius 1 is 1.25 bits per heavy atom. The molecular formula is C10H16O2. The van der Waals surface area contributed by atoms with Crippen LogP contribution in [-0.2, 0) is 9.59 Å². The molecule has 2 heteroatoms. The number of rotatable bonds is 1. The van der Waals surface area contributed by atoms with Gasteiger partial charge >= 0.3 is 0 Å². The molecule has 0 amide bonds. The number of carbonyl (C=O) groups is 2. The Morgan fingerprint density at radius 2 is 1.75 bits per heavy atom. The molecule has 0 unspecified atom stereocenters. The van der Waals surface area contributed by atoms with Crippen molar-refractivity contribution in [1.29, 1.82) is 0 Å². The quantitative estimate of drug-likeness (QED) is 0.563. The van der Waals surface area contributed by atoms with Crippen molar-refractivity contribution < 1.29 is 9.59 Å². The van der Waals surface area contributed by atoms with Gasteiger partial charge in [-0.1, -0.05) is 27.5 Å². The molecule has 0 saturated heterocycles. The summed E-state index contributed by atoms with van der Waals surface area (Å²) in [5, 5.41) is 0. The number of hydrogen-bond donors (Lipinski definition) is 0. The van der Waals surface area contributed by atoms with Gasteiger partial charge in [0.05, 0.1) is 6.42 Å². The van der Waals surface area contributed by atoms with Crippen LogP contribution in [0.1, 0.15) is 28.2 Å². The molecule has 0 aliphatic heterocycles. The summed E-state index contributed by atoms with van der Waals surface area (Å²) in [5.41, 5.74) is 1.05. The Bertz CT molecular complexity index is 247. The summed E-state index contributed by atoms with van der Waals surface area (Å²) < 4.78 is 0. The Morgan fingerprint density at radius 3 is 1.92 bits per heavy atom. The third kappa shape index (κ3) is 1.91. The van der Waals surface area contributed by atoms with Gasteiger partial charge in [-0.3, -0.25) is 9.59 Å². The van der Waals surface area contributed by atoms with E-state index in [1.54, 1.807) is 6.92 Å². The number of ketones is 2. The fraction of sp³-hybridized carbons (Fsp3) is 0.400. The predicted molar refractivity (Wildman–Crippen MR) is 51.0 cm³/mol. The van der Waals surface area contributed by atoms with Gasteiger partial charge in [0.2, 0.25) is 0 Å². The molecule has 0 radical (unpaired) electrons. The number of Topliss-reactive ketones (excluding diaryl/α,β-unsaturated/α-hetero) is 2. The van der Waals surface area contributed by atoms with Crippen molar-refractivity contribution in [1.82, 2.24) is 0 Å². The minimum Gasteiger partial charge on any atom is -0.294 e. The van der Waals surface area contributed by atoms with Gasteiger partial charge in [-0.25, -0.2) is 0 Å². The highest BCUT2D eigenvalue weighted by Crippen LogP contribution is 2.19. The first-order valence-corrected chi connectivity index (χ1v) is 3.06. The second-order valence-electron chi connectivity index (χ2n) is 2.27. The van der Waals surface area contributed by atoms with Crippen molar-refractivity contribution in [3.05, 3.63) is 23.8 Å². The fourth-order valence-corrected chi connectivity index (χ4v) is 1.000. The minimum atomic E-state index is -0.0995. The van der Waals surface area contributed by atoms with Gasteiger partial charge in [-0.15, -0.1) is 0 Å². The third-order valence-electron chi connectivity index (χ3n) is 1.65. The van der Waals surface area contributed by atoms with Crippen LogP contribution in [-0.4, -0.2) is 11.6 Å². The first kappa shape index (κ1) is 13.4. The smallest absolute Gasteiger partial charge is 0.170 e. The van der Waals surface area contributed by atoms with Crippen molar-refractivity contribution in [3.8, 4) is 0 Å². The summed E-state index contributed by atoms with van der Waals surface area (Å²) in [6.45, 7) is 5.10. The molecule has 0 aromatic rings. The van der Waals surface area contributed by atoms with Crippen LogP contribution < -0.4 is 0 Å². The molecule has 0 aromatic carbocycles. The first-order chi connectivity index (χ1) is 4.66. The van der Waals surface area contributed by atoms with E-state index in [0.29, 0.717) is 11.1 Å².